The minimum atomic E-state index is -0.0736. The standard InChI is InChI=1S/C17H22N4OS.HI/c1-18-16(22)14-7-5-13(6-8-14)12-21-17(19-2)20-10-9-15-4-3-11-23-15;/h3-8,11H,9-10,12H2,1-2H3,(H,18,22)(H2,19,20,21);1H. The first kappa shape index (κ1) is 20.4. The summed E-state index contributed by atoms with van der Waals surface area (Å²) in [5.74, 6) is 0.701. The van der Waals surface area contributed by atoms with Crippen molar-refractivity contribution in [1.29, 1.82) is 0 Å². The normalized spacial score (nSPS) is 10.7. The highest BCUT2D eigenvalue weighted by molar-refractivity contribution is 14.0. The molecule has 0 saturated heterocycles. The van der Waals surface area contributed by atoms with Gasteiger partial charge in [-0.25, -0.2) is 0 Å². The first-order valence-corrected chi connectivity index (χ1v) is 8.39. The van der Waals surface area contributed by atoms with Gasteiger partial charge < -0.3 is 16.0 Å². The molecule has 0 atom stereocenters. The van der Waals surface area contributed by atoms with Crippen LogP contribution in [0.3, 0.4) is 0 Å². The average Bonchev–Trinajstić information content (AvgIpc) is 3.11. The highest BCUT2D eigenvalue weighted by Gasteiger charge is 2.03. The lowest BCUT2D eigenvalue weighted by Crippen LogP contribution is -2.37. The fourth-order valence-corrected chi connectivity index (χ4v) is 2.79. The molecule has 0 saturated carbocycles. The van der Waals surface area contributed by atoms with Crippen LogP contribution in [0.1, 0.15) is 20.8 Å². The van der Waals surface area contributed by atoms with Crippen molar-refractivity contribution in [2.75, 3.05) is 20.6 Å². The molecule has 5 nitrogen and oxygen atoms in total. The lowest BCUT2D eigenvalue weighted by atomic mass is 10.1. The highest BCUT2D eigenvalue weighted by Crippen LogP contribution is 2.08. The summed E-state index contributed by atoms with van der Waals surface area (Å²) in [4.78, 5) is 17.1. The number of thiophene rings is 1. The van der Waals surface area contributed by atoms with Crippen molar-refractivity contribution in [2.24, 2.45) is 4.99 Å². The van der Waals surface area contributed by atoms with Gasteiger partial charge in [-0.3, -0.25) is 9.79 Å². The van der Waals surface area contributed by atoms with Gasteiger partial charge in [-0.1, -0.05) is 18.2 Å². The number of halogens is 1. The van der Waals surface area contributed by atoms with E-state index < -0.39 is 0 Å². The van der Waals surface area contributed by atoms with E-state index in [0.29, 0.717) is 12.1 Å². The largest absolute Gasteiger partial charge is 0.356 e. The van der Waals surface area contributed by atoms with Crippen LogP contribution in [0.5, 0.6) is 0 Å². The maximum atomic E-state index is 11.5. The van der Waals surface area contributed by atoms with Gasteiger partial charge in [0.15, 0.2) is 5.96 Å². The topological polar surface area (TPSA) is 65.5 Å². The van der Waals surface area contributed by atoms with E-state index >= 15 is 0 Å². The molecule has 0 spiro atoms. The monoisotopic (exact) mass is 458 g/mol. The molecular formula is C17H23IN4OS. The minimum absolute atomic E-state index is 0. The molecule has 24 heavy (non-hydrogen) atoms. The summed E-state index contributed by atoms with van der Waals surface area (Å²) in [5.41, 5.74) is 1.76. The van der Waals surface area contributed by atoms with Crippen molar-refractivity contribution < 1.29 is 4.79 Å². The Balaban J connectivity index is 0.00000288. The van der Waals surface area contributed by atoms with Crippen molar-refractivity contribution in [3.05, 3.63) is 57.8 Å². The van der Waals surface area contributed by atoms with E-state index in [-0.39, 0.29) is 29.9 Å². The van der Waals surface area contributed by atoms with Crippen LogP contribution in [0.2, 0.25) is 0 Å². The van der Waals surface area contributed by atoms with Crippen molar-refractivity contribution in [1.82, 2.24) is 16.0 Å². The number of aliphatic imine (C=N–C) groups is 1. The van der Waals surface area contributed by atoms with Gasteiger partial charge in [0, 0.05) is 37.6 Å². The summed E-state index contributed by atoms with van der Waals surface area (Å²) >= 11 is 1.76. The van der Waals surface area contributed by atoms with E-state index in [2.05, 4.69) is 38.5 Å². The van der Waals surface area contributed by atoms with Crippen LogP contribution in [0.4, 0.5) is 0 Å². The summed E-state index contributed by atoms with van der Waals surface area (Å²) in [6, 6.07) is 11.7. The molecule has 130 valence electrons. The molecular weight excluding hydrogens is 435 g/mol. The number of rotatable bonds is 6. The SMILES string of the molecule is CN=C(NCCc1cccs1)NCc1ccc(C(=O)NC)cc1.I. The second kappa shape index (κ2) is 11.0. The Morgan fingerprint density at radius 3 is 2.50 bits per heavy atom. The Bertz CT molecular complexity index is 641. The summed E-state index contributed by atoms with van der Waals surface area (Å²) < 4.78 is 0. The molecule has 0 aliphatic carbocycles. The fourth-order valence-electron chi connectivity index (χ4n) is 2.08. The molecule has 1 heterocycles. The van der Waals surface area contributed by atoms with Gasteiger partial charge in [0.1, 0.15) is 0 Å². The Kier molecular flexibility index (Phi) is 9.39. The third-order valence-electron chi connectivity index (χ3n) is 3.37. The first-order chi connectivity index (χ1) is 11.2. The molecule has 0 bridgehead atoms. The fraction of sp³-hybridized carbons (Fsp3) is 0.294. The molecule has 0 fully saturated rings. The molecule has 1 amide bonds. The van der Waals surface area contributed by atoms with Gasteiger partial charge in [-0.15, -0.1) is 35.3 Å². The van der Waals surface area contributed by atoms with Gasteiger partial charge in [0.2, 0.25) is 0 Å². The van der Waals surface area contributed by atoms with E-state index in [4.69, 9.17) is 0 Å². The van der Waals surface area contributed by atoms with Crippen molar-refractivity contribution in [3.63, 3.8) is 0 Å². The molecule has 0 aliphatic rings. The van der Waals surface area contributed by atoms with Crippen molar-refractivity contribution in [2.45, 2.75) is 13.0 Å². The highest BCUT2D eigenvalue weighted by atomic mass is 127. The zero-order valence-corrected chi connectivity index (χ0v) is 17.0. The van der Waals surface area contributed by atoms with E-state index in [0.717, 1.165) is 24.5 Å². The van der Waals surface area contributed by atoms with Gasteiger partial charge in [-0.2, -0.15) is 0 Å². The molecule has 3 N–H and O–H groups in total. The van der Waals surface area contributed by atoms with E-state index in [1.807, 2.05) is 24.3 Å². The summed E-state index contributed by atoms with van der Waals surface area (Å²) in [6.07, 6.45) is 0.985. The Hall–Kier alpha value is -1.61. The van der Waals surface area contributed by atoms with Crippen LogP contribution < -0.4 is 16.0 Å². The minimum Gasteiger partial charge on any atom is -0.356 e. The van der Waals surface area contributed by atoms with Gasteiger partial charge in [-0.05, 0) is 35.6 Å². The van der Waals surface area contributed by atoms with Gasteiger partial charge in [0.25, 0.3) is 5.91 Å². The number of hydrogen-bond acceptors (Lipinski definition) is 3. The predicted molar refractivity (Wildman–Crippen MR) is 111 cm³/mol. The first-order valence-electron chi connectivity index (χ1n) is 7.51. The number of nitrogens with one attached hydrogen (secondary N) is 3. The number of guanidine groups is 1. The lowest BCUT2D eigenvalue weighted by molar-refractivity contribution is 0.0963. The van der Waals surface area contributed by atoms with Crippen LogP contribution in [0, 0.1) is 0 Å². The van der Waals surface area contributed by atoms with Crippen LogP contribution in [0.25, 0.3) is 0 Å². The number of amides is 1. The summed E-state index contributed by atoms with van der Waals surface area (Å²) in [7, 11) is 3.39. The number of nitrogens with zero attached hydrogens (tertiary/aromatic N) is 1. The van der Waals surface area contributed by atoms with Crippen LogP contribution >= 0.6 is 35.3 Å². The Morgan fingerprint density at radius 2 is 1.92 bits per heavy atom. The van der Waals surface area contributed by atoms with E-state index in [1.165, 1.54) is 4.88 Å². The van der Waals surface area contributed by atoms with Crippen LogP contribution in [-0.4, -0.2) is 32.5 Å². The second-order valence-corrected chi connectivity index (χ2v) is 5.99. The molecule has 0 unspecified atom stereocenters. The van der Waals surface area contributed by atoms with Crippen LogP contribution in [-0.2, 0) is 13.0 Å². The number of carbonyl (C=O) groups is 1. The molecule has 1 aromatic carbocycles. The van der Waals surface area contributed by atoms with Gasteiger partial charge in [0.05, 0.1) is 0 Å². The van der Waals surface area contributed by atoms with E-state index in [9.17, 15) is 4.79 Å². The molecule has 7 heteroatoms. The molecule has 0 radical (unpaired) electrons. The summed E-state index contributed by atoms with van der Waals surface area (Å²) in [5, 5.41) is 11.3. The maximum Gasteiger partial charge on any atom is 0.251 e. The molecule has 1 aromatic heterocycles. The van der Waals surface area contributed by atoms with E-state index in [1.54, 1.807) is 25.4 Å². The third-order valence-corrected chi connectivity index (χ3v) is 4.31. The molecule has 2 aromatic rings. The quantitative estimate of drug-likeness (QED) is 0.354. The van der Waals surface area contributed by atoms with Crippen molar-refractivity contribution in [3.8, 4) is 0 Å². The lowest BCUT2D eigenvalue weighted by Gasteiger charge is -2.12. The second-order valence-electron chi connectivity index (χ2n) is 4.96. The average molecular weight is 458 g/mol. The zero-order valence-electron chi connectivity index (χ0n) is 13.8. The zero-order chi connectivity index (χ0) is 16.5. The maximum absolute atomic E-state index is 11.5. The van der Waals surface area contributed by atoms with Crippen molar-refractivity contribution >= 4 is 47.2 Å². The van der Waals surface area contributed by atoms with Crippen LogP contribution in [0.15, 0.2) is 46.8 Å². The third kappa shape index (κ3) is 6.48. The number of benzene rings is 1. The number of carbonyl (C=O) groups excluding carboxylic acids is 1. The summed E-state index contributed by atoms with van der Waals surface area (Å²) in [6.45, 7) is 1.50. The number of hydrogen-bond donors (Lipinski definition) is 3. The van der Waals surface area contributed by atoms with Gasteiger partial charge >= 0.3 is 0 Å². The Labute approximate surface area is 164 Å². The molecule has 0 aliphatic heterocycles. The smallest absolute Gasteiger partial charge is 0.251 e. The Morgan fingerprint density at radius 1 is 1.17 bits per heavy atom. The molecule has 2 rings (SSSR count). The predicted octanol–water partition coefficient (Wildman–Crippen LogP) is 2.63.